The Hall–Kier alpha value is -2.83. The number of carbonyl (C=O) groups excluding carboxylic acids is 2. The maximum Gasteiger partial charge on any atom is 0.222 e. The summed E-state index contributed by atoms with van der Waals surface area (Å²) in [5.41, 5.74) is 9.66. The van der Waals surface area contributed by atoms with E-state index in [1.807, 2.05) is 6.07 Å². The second-order valence-electron chi connectivity index (χ2n) is 10.9. The van der Waals surface area contributed by atoms with E-state index < -0.39 is 0 Å². The van der Waals surface area contributed by atoms with Crippen LogP contribution in [-0.2, 0) is 46.1 Å². The summed E-state index contributed by atoms with van der Waals surface area (Å²) in [4.78, 5) is 27.8. The Bertz CT molecular complexity index is 1090. The zero-order valence-corrected chi connectivity index (χ0v) is 27.5. The van der Waals surface area contributed by atoms with Crippen molar-refractivity contribution in [2.45, 2.75) is 71.1 Å². The molecular weight excluding hydrogens is 576 g/mol. The summed E-state index contributed by atoms with van der Waals surface area (Å²) >= 11 is 0. The molecule has 1 aromatic carbocycles. The minimum atomic E-state index is -0.0382. The maximum absolute atomic E-state index is 12.1. The van der Waals surface area contributed by atoms with Crippen LogP contribution in [-0.4, -0.2) is 96.5 Å². The average Bonchev–Trinajstić information content (AvgIpc) is 3.04. The van der Waals surface area contributed by atoms with Crippen molar-refractivity contribution in [2.75, 3.05) is 85.4 Å². The Morgan fingerprint density at radius 3 is 1.87 bits per heavy atom. The van der Waals surface area contributed by atoms with E-state index in [0.717, 1.165) is 49.6 Å². The number of aryl methyl sites for hydroxylation is 2. The molecule has 2 aromatic rings. The van der Waals surface area contributed by atoms with E-state index in [1.54, 1.807) is 7.05 Å². The van der Waals surface area contributed by atoms with Gasteiger partial charge in [0.1, 0.15) is 5.82 Å². The highest BCUT2D eigenvalue weighted by Crippen LogP contribution is 2.24. The smallest absolute Gasteiger partial charge is 0.222 e. The SMILES string of the molecule is CCCCCc1cc2c(CCCCCNC(=O)CCOCCOCCOCCOCCOCCC(=O)NC)cccc2nc1N. The van der Waals surface area contributed by atoms with Crippen LogP contribution in [0.3, 0.4) is 0 Å². The number of unbranched alkanes of at least 4 members (excludes halogenated alkanes) is 4. The van der Waals surface area contributed by atoms with Crippen LogP contribution in [0.4, 0.5) is 5.82 Å². The Morgan fingerprint density at radius 1 is 0.711 bits per heavy atom. The summed E-state index contributed by atoms with van der Waals surface area (Å²) < 4.78 is 27.1. The van der Waals surface area contributed by atoms with Gasteiger partial charge in [-0.05, 0) is 55.4 Å². The lowest BCUT2D eigenvalue weighted by Crippen LogP contribution is -2.25. The molecule has 1 heterocycles. The number of nitrogens with zero attached hydrogens (tertiary/aromatic N) is 1. The second kappa shape index (κ2) is 25.4. The van der Waals surface area contributed by atoms with Crippen LogP contribution in [0.2, 0.25) is 0 Å². The topological polar surface area (TPSA) is 143 Å². The lowest BCUT2D eigenvalue weighted by molar-refractivity contribution is -0.122. The number of rotatable bonds is 28. The molecule has 11 heteroatoms. The van der Waals surface area contributed by atoms with E-state index >= 15 is 0 Å². The number of fused-ring (bicyclic) bond motifs is 1. The molecule has 0 aliphatic rings. The predicted octanol–water partition coefficient (Wildman–Crippen LogP) is 3.99. The van der Waals surface area contributed by atoms with Crippen LogP contribution < -0.4 is 16.4 Å². The van der Waals surface area contributed by atoms with E-state index in [-0.39, 0.29) is 11.8 Å². The number of hydrogen-bond donors (Lipinski definition) is 3. The van der Waals surface area contributed by atoms with Crippen LogP contribution in [0.5, 0.6) is 0 Å². The van der Waals surface area contributed by atoms with Crippen molar-refractivity contribution in [2.24, 2.45) is 0 Å². The van der Waals surface area contributed by atoms with E-state index in [1.165, 1.54) is 23.8 Å². The van der Waals surface area contributed by atoms with Gasteiger partial charge in [0.2, 0.25) is 11.8 Å². The van der Waals surface area contributed by atoms with Gasteiger partial charge in [-0.15, -0.1) is 0 Å². The lowest BCUT2D eigenvalue weighted by Gasteiger charge is -2.11. The molecule has 11 nitrogen and oxygen atoms in total. The van der Waals surface area contributed by atoms with E-state index in [4.69, 9.17) is 29.4 Å². The number of ether oxygens (including phenoxy) is 5. The molecule has 4 N–H and O–H groups in total. The van der Waals surface area contributed by atoms with Crippen LogP contribution in [0.25, 0.3) is 10.9 Å². The van der Waals surface area contributed by atoms with Gasteiger partial charge in [0.15, 0.2) is 0 Å². The van der Waals surface area contributed by atoms with Gasteiger partial charge in [-0.1, -0.05) is 38.3 Å². The summed E-state index contributed by atoms with van der Waals surface area (Å²) in [6.45, 7) is 7.35. The highest BCUT2D eigenvalue weighted by Gasteiger charge is 2.08. The lowest BCUT2D eigenvalue weighted by atomic mass is 9.99. The van der Waals surface area contributed by atoms with Gasteiger partial charge in [0.25, 0.3) is 0 Å². The van der Waals surface area contributed by atoms with Gasteiger partial charge in [-0.2, -0.15) is 0 Å². The number of nitrogens with one attached hydrogen (secondary N) is 2. The molecule has 0 saturated carbocycles. The number of aromatic nitrogens is 1. The molecule has 0 aliphatic carbocycles. The van der Waals surface area contributed by atoms with Crippen LogP contribution >= 0.6 is 0 Å². The van der Waals surface area contributed by atoms with Crippen molar-refractivity contribution >= 4 is 28.5 Å². The molecule has 0 spiro atoms. The highest BCUT2D eigenvalue weighted by atomic mass is 16.6. The molecule has 0 unspecified atom stereocenters. The molecule has 0 fully saturated rings. The molecule has 0 bridgehead atoms. The molecule has 254 valence electrons. The fourth-order valence-electron chi connectivity index (χ4n) is 4.67. The largest absolute Gasteiger partial charge is 0.383 e. The molecular formula is C34H56N4O7. The summed E-state index contributed by atoms with van der Waals surface area (Å²) in [6, 6.07) is 8.52. The van der Waals surface area contributed by atoms with E-state index in [0.29, 0.717) is 91.3 Å². The number of nitrogen functional groups attached to an aromatic ring is 1. The molecule has 1 aromatic heterocycles. The van der Waals surface area contributed by atoms with Crippen molar-refractivity contribution in [3.63, 3.8) is 0 Å². The third-order valence-corrected chi connectivity index (χ3v) is 7.27. The minimum Gasteiger partial charge on any atom is -0.383 e. The normalized spacial score (nSPS) is 11.2. The Kier molecular flexibility index (Phi) is 21.6. The third kappa shape index (κ3) is 18.0. The van der Waals surface area contributed by atoms with Gasteiger partial charge >= 0.3 is 0 Å². The Balaban J connectivity index is 1.39. The number of carbonyl (C=O) groups is 2. The van der Waals surface area contributed by atoms with Crippen LogP contribution in [0.1, 0.15) is 69.4 Å². The summed E-state index contributed by atoms with van der Waals surface area (Å²) in [5, 5.41) is 6.74. The predicted molar refractivity (Wildman–Crippen MR) is 177 cm³/mol. The first kappa shape index (κ1) is 38.4. The van der Waals surface area contributed by atoms with Crippen molar-refractivity contribution in [1.29, 1.82) is 0 Å². The molecule has 0 atom stereocenters. The zero-order chi connectivity index (χ0) is 32.4. The first-order valence-corrected chi connectivity index (χ1v) is 16.6. The summed E-state index contributed by atoms with van der Waals surface area (Å²) in [7, 11) is 1.60. The average molecular weight is 633 g/mol. The Labute approximate surface area is 269 Å². The summed E-state index contributed by atoms with van der Waals surface area (Å²) in [5.74, 6) is 0.625. The number of pyridine rings is 1. The highest BCUT2D eigenvalue weighted by molar-refractivity contribution is 5.84. The fraction of sp³-hybridized carbons (Fsp3) is 0.676. The zero-order valence-electron chi connectivity index (χ0n) is 27.5. The van der Waals surface area contributed by atoms with Crippen LogP contribution in [0, 0.1) is 0 Å². The van der Waals surface area contributed by atoms with Crippen molar-refractivity contribution in [3.05, 3.63) is 35.4 Å². The van der Waals surface area contributed by atoms with Crippen molar-refractivity contribution in [1.82, 2.24) is 15.6 Å². The number of nitrogens with two attached hydrogens (primary N) is 1. The monoisotopic (exact) mass is 632 g/mol. The third-order valence-electron chi connectivity index (χ3n) is 7.27. The van der Waals surface area contributed by atoms with Crippen molar-refractivity contribution < 1.29 is 33.3 Å². The number of amides is 2. The van der Waals surface area contributed by atoms with Crippen LogP contribution in [0.15, 0.2) is 24.3 Å². The Morgan fingerprint density at radius 2 is 1.27 bits per heavy atom. The van der Waals surface area contributed by atoms with E-state index in [2.05, 4.69) is 40.7 Å². The molecule has 2 rings (SSSR count). The molecule has 0 saturated heterocycles. The number of hydrogen-bond acceptors (Lipinski definition) is 9. The van der Waals surface area contributed by atoms with E-state index in [9.17, 15) is 9.59 Å². The molecule has 2 amide bonds. The van der Waals surface area contributed by atoms with Gasteiger partial charge in [0, 0.05) is 31.8 Å². The fourth-order valence-corrected chi connectivity index (χ4v) is 4.67. The standard InChI is InChI=1S/C34H56N4O7/c1-3-4-6-11-29-27-30-28(12-9-13-31(30)38-34(29)35)10-7-5-8-16-37-33(40)15-18-42-20-22-44-24-26-45-25-23-43-21-19-41-17-14-32(39)36-2/h9,12-13,27H,3-8,10-11,14-26H2,1-2H3,(H2,35,38)(H,36,39)(H,37,40). The first-order chi connectivity index (χ1) is 22.0. The van der Waals surface area contributed by atoms with Gasteiger partial charge in [-0.25, -0.2) is 4.98 Å². The van der Waals surface area contributed by atoms with Gasteiger partial charge < -0.3 is 40.1 Å². The first-order valence-electron chi connectivity index (χ1n) is 16.6. The molecule has 0 aliphatic heterocycles. The quantitative estimate of drug-likeness (QED) is 0.119. The molecule has 0 radical (unpaired) electrons. The van der Waals surface area contributed by atoms with Crippen molar-refractivity contribution in [3.8, 4) is 0 Å². The van der Waals surface area contributed by atoms with Gasteiger partial charge in [0.05, 0.1) is 71.6 Å². The van der Waals surface area contributed by atoms with Gasteiger partial charge in [-0.3, -0.25) is 9.59 Å². The maximum atomic E-state index is 12.1. The second-order valence-corrected chi connectivity index (χ2v) is 10.9. The summed E-state index contributed by atoms with van der Waals surface area (Å²) in [6.07, 6.45) is 9.24. The molecule has 45 heavy (non-hydrogen) atoms. The number of anilines is 1. The minimum absolute atomic E-state index is 0.00955. The number of benzene rings is 1.